The molecule has 1 aliphatic carbocycles. The Bertz CT molecular complexity index is 1400. The molecule has 1 amide bonds. The molecule has 7 nitrogen and oxygen atoms in total. The molecule has 0 radical (unpaired) electrons. The van der Waals surface area contributed by atoms with Gasteiger partial charge in [-0.25, -0.2) is 15.1 Å². The van der Waals surface area contributed by atoms with Crippen molar-refractivity contribution in [2.75, 3.05) is 12.4 Å². The number of hydrogen-bond donors (Lipinski definition) is 2. The van der Waals surface area contributed by atoms with Crippen LogP contribution >= 0.6 is 15.9 Å². The molecule has 2 atom stereocenters. The van der Waals surface area contributed by atoms with Gasteiger partial charge in [0.2, 0.25) is 0 Å². The predicted octanol–water partition coefficient (Wildman–Crippen LogP) is 5.31. The Labute approximate surface area is 230 Å². The van der Waals surface area contributed by atoms with E-state index in [2.05, 4.69) is 38.1 Å². The van der Waals surface area contributed by atoms with Crippen molar-refractivity contribution in [2.45, 2.75) is 31.8 Å². The third kappa shape index (κ3) is 5.36. The number of benzene rings is 2. The van der Waals surface area contributed by atoms with Gasteiger partial charge in [-0.2, -0.15) is 0 Å². The largest absolute Gasteiger partial charge is 0.496 e. The number of hydrogen-bond acceptors (Lipinski definition) is 5. The number of allylic oxidation sites excluding steroid dienone is 2. The van der Waals surface area contributed by atoms with Gasteiger partial charge in [0, 0.05) is 40.9 Å². The van der Waals surface area contributed by atoms with E-state index in [9.17, 15) is 9.59 Å². The van der Waals surface area contributed by atoms with Gasteiger partial charge in [-0.3, -0.25) is 4.79 Å². The van der Waals surface area contributed by atoms with Gasteiger partial charge < -0.3 is 14.8 Å². The third-order valence-corrected chi connectivity index (χ3v) is 7.40. The van der Waals surface area contributed by atoms with Crippen molar-refractivity contribution in [3.8, 4) is 11.5 Å². The van der Waals surface area contributed by atoms with Crippen LogP contribution in [0.25, 0.3) is 0 Å². The van der Waals surface area contributed by atoms with Crippen molar-refractivity contribution >= 4 is 33.4 Å². The molecule has 2 unspecified atom stereocenters. The number of aromatic amines is 1. The molecular weight excluding hydrogens is 546 g/mol. The van der Waals surface area contributed by atoms with Crippen LogP contribution in [0.3, 0.4) is 0 Å². The lowest BCUT2D eigenvalue weighted by Gasteiger charge is -2.37. The molecule has 2 heterocycles. The molecule has 1 aromatic heterocycles. The zero-order chi connectivity index (χ0) is 26.6. The van der Waals surface area contributed by atoms with E-state index in [4.69, 9.17) is 9.47 Å². The summed E-state index contributed by atoms with van der Waals surface area (Å²) >= 11 is 3.40. The first-order chi connectivity index (χ1) is 18.4. The topological polar surface area (TPSA) is 90.8 Å². The normalized spacial score (nSPS) is 18.9. The number of carbonyl (C=O) groups is 2. The summed E-state index contributed by atoms with van der Waals surface area (Å²) in [5.41, 5.74) is 3.74. The Balaban J connectivity index is 1.53. The smallest absolute Gasteiger partial charge is 0.317 e. The molecule has 8 heteroatoms. The summed E-state index contributed by atoms with van der Waals surface area (Å²) < 4.78 is 12.5. The van der Waals surface area contributed by atoms with E-state index in [0.29, 0.717) is 29.3 Å². The Kier molecular flexibility index (Phi) is 7.60. The lowest BCUT2D eigenvalue weighted by molar-refractivity contribution is -0.361. The number of carbonyl (C=O) groups excluding carboxylic acids is 2. The van der Waals surface area contributed by atoms with Gasteiger partial charge in [-0.05, 0) is 64.7 Å². The van der Waals surface area contributed by atoms with E-state index >= 15 is 0 Å². The van der Waals surface area contributed by atoms with Crippen molar-refractivity contribution in [3.05, 3.63) is 106 Å². The molecule has 0 fully saturated rings. The summed E-state index contributed by atoms with van der Waals surface area (Å²) in [6, 6.07) is 18.9. The molecule has 0 spiro atoms. The fourth-order valence-electron chi connectivity index (χ4n) is 5.14. The molecule has 0 bridgehead atoms. The molecule has 38 heavy (non-hydrogen) atoms. The maximum Gasteiger partial charge on any atom is 0.317 e. The number of ether oxygens (including phenoxy) is 2. The highest BCUT2D eigenvalue weighted by molar-refractivity contribution is 9.10. The van der Waals surface area contributed by atoms with Crippen molar-refractivity contribution in [3.63, 3.8) is 0 Å². The van der Waals surface area contributed by atoms with Crippen LogP contribution in [0.1, 0.15) is 36.3 Å². The first-order valence-corrected chi connectivity index (χ1v) is 13.3. The van der Waals surface area contributed by atoms with Gasteiger partial charge >= 0.3 is 5.91 Å². The second kappa shape index (κ2) is 11.2. The van der Waals surface area contributed by atoms with Gasteiger partial charge in [0.15, 0.2) is 5.78 Å². The van der Waals surface area contributed by atoms with Crippen LogP contribution in [-0.2, 0) is 16.2 Å². The summed E-state index contributed by atoms with van der Waals surface area (Å²) in [4.78, 5) is 30.1. The maximum atomic E-state index is 13.7. The molecule has 2 aromatic carbocycles. The van der Waals surface area contributed by atoms with Gasteiger partial charge in [0.1, 0.15) is 30.2 Å². The number of nitrogens with one attached hydrogen (secondary N) is 3. The molecule has 2 aliphatic rings. The van der Waals surface area contributed by atoms with E-state index in [1.807, 2.05) is 54.6 Å². The quantitative estimate of drug-likeness (QED) is 0.399. The molecule has 0 saturated heterocycles. The Morgan fingerprint density at radius 1 is 1.16 bits per heavy atom. The van der Waals surface area contributed by atoms with Crippen LogP contribution < -0.4 is 25.1 Å². The Morgan fingerprint density at radius 3 is 2.71 bits per heavy atom. The fourth-order valence-corrected chi connectivity index (χ4v) is 5.39. The summed E-state index contributed by atoms with van der Waals surface area (Å²) in [5.74, 6) is 0.562. The number of Topliss-reactive ketones (excluding diaryl/α,β-unsaturated/α-hetero) is 1. The van der Waals surface area contributed by atoms with Crippen LogP contribution in [0.4, 0.5) is 5.82 Å². The highest BCUT2D eigenvalue weighted by Crippen LogP contribution is 2.45. The molecular formula is C30H29BrN3O4+. The summed E-state index contributed by atoms with van der Waals surface area (Å²) in [6.07, 6.45) is 3.72. The average Bonchev–Trinajstić information content (AvgIpc) is 2.93. The van der Waals surface area contributed by atoms with Crippen molar-refractivity contribution < 1.29 is 24.0 Å². The number of pyridine rings is 1. The van der Waals surface area contributed by atoms with E-state index < -0.39 is 11.8 Å². The average molecular weight is 575 g/mol. The second-order valence-corrected chi connectivity index (χ2v) is 10.3. The van der Waals surface area contributed by atoms with E-state index in [0.717, 1.165) is 39.9 Å². The predicted molar refractivity (Wildman–Crippen MR) is 147 cm³/mol. The number of methoxy groups -OCH3 is 1. The summed E-state index contributed by atoms with van der Waals surface area (Å²) in [6.45, 7) is 4.49. The number of rotatable bonds is 7. The number of halogens is 1. The van der Waals surface area contributed by atoms with Crippen LogP contribution in [0.2, 0.25) is 0 Å². The Hall–Kier alpha value is -3.91. The number of amides is 1. The van der Waals surface area contributed by atoms with Gasteiger partial charge in [-0.1, -0.05) is 30.8 Å². The van der Waals surface area contributed by atoms with E-state index in [1.165, 1.54) is 0 Å². The highest BCUT2D eigenvalue weighted by Gasteiger charge is 2.44. The standard InChI is InChI=1S/C30H28BrN3O4/c1-18-27(30(36)34-26-14-12-21(31)16-32-26)28(29-23(33-18)9-6-10-24(29)35)19-11-13-25(37-2)20(15-19)17-38-22-7-4-3-5-8-22/h3-5,7-8,11-16,27-28,33H,1,6,9-10,17H2,2H3,(H,32,34,36)/p+1. The molecule has 194 valence electrons. The van der Waals surface area contributed by atoms with Gasteiger partial charge in [0.25, 0.3) is 5.82 Å². The lowest BCUT2D eigenvalue weighted by Crippen LogP contribution is -2.43. The molecule has 1 aliphatic heterocycles. The van der Waals surface area contributed by atoms with Crippen LogP contribution in [0, 0.1) is 5.92 Å². The molecule has 0 saturated carbocycles. The van der Waals surface area contributed by atoms with Gasteiger partial charge in [0.05, 0.1) is 11.6 Å². The second-order valence-electron chi connectivity index (χ2n) is 9.36. The van der Waals surface area contributed by atoms with E-state index in [-0.39, 0.29) is 18.3 Å². The van der Waals surface area contributed by atoms with Crippen LogP contribution in [0.15, 0.2) is 94.9 Å². The van der Waals surface area contributed by atoms with Crippen LogP contribution in [-0.4, -0.2) is 18.8 Å². The Morgan fingerprint density at radius 2 is 1.97 bits per heavy atom. The minimum atomic E-state index is -0.705. The van der Waals surface area contributed by atoms with E-state index in [1.54, 1.807) is 19.4 Å². The maximum absolute atomic E-state index is 13.7. The molecule has 3 N–H and O–H groups in total. The monoisotopic (exact) mass is 574 g/mol. The SMILES string of the molecule is C=C1NC2=C(C(=O)CCC2)C(c2ccc(OC)c(COc3ccccc3)c2)C1C(=O)Nc1ccc(Br)c[nH+]1. The van der Waals surface area contributed by atoms with Crippen molar-refractivity contribution in [1.29, 1.82) is 0 Å². The highest BCUT2D eigenvalue weighted by atomic mass is 79.9. The zero-order valence-corrected chi connectivity index (χ0v) is 22.6. The number of para-hydroxylation sites is 1. The summed E-state index contributed by atoms with van der Waals surface area (Å²) in [5, 5.41) is 6.26. The minimum absolute atomic E-state index is 0.0576. The fraction of sp³-hybridized carbons (Fsp3) is 0.233. The van der Waals surface area contributed by atoms with Crippen molar-refractivity contribution in [1.82, 2.24) is 5.32 Å². The number of aromatic nitrogens is 1. The number of anilines is 1. The zero-order valence-electron chi connectivity index (χ0n) is 21.1. The van der Waals surface area contributed by atoms with Crippen LogP contribution in [0.5, 0.6) is 11.5 Å². The first kappa shape index (κ1) is 25.7. The number of H-pyrrole nitrogens is 1. The summed E-state index contributed by atoms with van der Waals surface area (Å²) in [7, 11) is 1.61. The van der Waals surface area contributed by atoms with Crippen molar-refractivity contribution in [2.24, 2.45) is 5.92 Å². The molecule has 5 rings (SSSR count). The molecule has 3 aromatic rings. The lowest BCUT2D eigenvalue weighted by atomic mass is 9.71. The van der Waals surface area contributed by atoms with Gasteiger partial charge in [-0.15, -0.1) is 0 Å². The minimum Gasteiger partial charge on any atom is -0.496 e. The third-order valence-electron chi connectivity index (χ3n) is 6.90. The first-order valence-electron chi connectivity index (χ1n) is 12.5. The number of ketones is 1.